The molecule has 0 radical (unpaired) electrons. The maximum Gasteiger partial charge on any atom is 0.289 e. The Morgan fingerprint density at radius 3 is 2.15 bits per heavy atom. The Bertz CT molecular complexity index is 1680. The van der Waals surface area contributed by atoms with Crippen LogP contribution < -0.4 is 5.56 Å². The number of hydrogen-bond acceptors (Lipinski definition) is 6. The average Bonchev–Trinajstić information content (AvgIpc) is 3.24. The van der Waals surface area contributed by atoms with Gasteiger partial charge in [0, 0.05) is 10.0 Å². The monoisotopic (exact) mass is 497 g/mol. The van der Waals surface area contributed by atoms with Gasteiger partial charge in [0.15, 0.2) is 11.2 Å². The minimum Gasteiger partial charge on any atom is -0.266 e. The van der Waals surface area contributed by atoms with Crippen molar-refractivity contribution in [1.82, 2.24) is 24.5 Å². The van der Waals surface area contributed by atoms with E-state index in [9.17, 15) is 13.2 Å². The molecule has 0 aliphatic carbocycles. The van der Waals surface area contributed by atoms with Gasteiger partial charge in [0.2, 0.25) is 15.0 Å². The molecule has 0 N–H and O–H groups in total. The van der Waals surface area contributed by atoms with Crippen molar-refractivity contribution >= 4 is 44.2 Å². The highest BCUT2D eigenvalue weighted by atomic mass is 35.5. The van der Waals surface area contributed by atoms with Crippen LogP contribution in [0.4, 0.5) is 0 Å². The number of nitrogens with zero attached hydrogens (tertiary/aromatic N) is 5. The Hall–Kier alpha value is -3.53. The van der Waals surface area contributed by atoms with Gasteiger partial charge in [-0.05, 0) is 48.5 Å². The molecule has 8 nitrogen and oxygen atoms in total. The van der Waals surface area contributed by atoms with E-state index in [0.717, 1.165) is 4.57 Å². The van der Waals surface area contributed by atoms with E-state index in [2.05, 4.69) is 15.3 Å². The van der Waals surface area contributed by atoms with Crippen LogP contribution in [0.3, 0.4) is 0 Å². The minimum atomic E-state index is -4.29. The first-order valence-corrected chi connectivity index (χ1v) is 11.8. The minimum absolute atomic E-state index is 0.00470. The number of hydrogen-bond donors (Lipinski definition) is 0. The molecule has 2 aromatic heterocycles. The molecule has 5 rings (SSSR count). The SMILES string of the molecule is O=c1c2nnn(-c3ccccc3)c2nc(S(=O)(=O)c2cccc(Cl)c2)n1-c1cccc(Cl)c1. The molecule has 0 saturated carbocycles. The van der Waals surface area contributed by atoms with E-state index < -0.39 is 20.6 Å². The summed E-state index contributed by atoms with van der Waals surface area (Å²) in [5.74, 6) is 0. The molecule has 3 aromatic carbocycles. The van der Waals surface area contributed by atoms with E-state index in [1.54, 1.807) is 48.5 Å². The number of halogens is 2. The molecular formula is C22H13Cl2N5O3S. The number of sulfone groups is 1. The Balaban J connectivity index is 1.89. The lowest BCUT2D eigenvalue weighted by molar-refractivity contribution is 0.580. The van der Waals surface area contributed by atoms with Gasteiger partial charge in [0.1, 0.15) is 0 Å². The summed E-state index contributed by atoms with van der Waals surface area (Å²) in [6.45, 7) is 0. The first-order valence-electron chi connectivity index (χ1n) is 9.57. The lowest BCUT2D eigenvalue weighted by Gasteiger charge is -2.13. The molecule has 0 fully saturated rings. The molecule has 2 heterocycles. The lowest BCUT2D eigenvalue weighted by atomic mass is 10.3. The highest BCUT2D eigenvalue weighted by Crippen LogP contribution is 2.26. The second-order valence-corrected chi connectivity index (χ2v) is 9.70. The summed E-state index contributed by atoms with van der Waals surface area (Å²) in [6.07, 6.45) is 0. The van der Waals surface area contributed by atoms with Crippen molar-refractivity contribution in [3.63, 3.8) is 0 Å². The van der Waals surface area contributed by atoms with Gasteiger partial charge in [0.25, 0.3) is 5.56 Å². The molecule has 0 aliphatic heterocycles. The summed E-state index contributed by atoms with van der Waals surface area (Å²) in [5, 5.41) is 8.05. The predicted molar refractivity (Wildman–Crippen MR) is 124 cm³/mol. The van der Waals surface area contributed by atoms with Crippen LogP contribution in [-0.4, -0.2) is 33.0 Å². The summed E-state index contributed by atoms with van der Waals surface area (Å²) >= 11 is 12.2. The van der Waals surface area contributed by atoms with Gasteiger partial charge in [-0.25, -0.2) is 13.0 Å². The maximum atomic E-state index is 13.7. The maximum absolute atomic E-state index is 13.7. The number of para-hydroxylation sites is 1. The second kappa shape index (κ2) is 8.11. The van der Waals surface area contributed by atoms with Crippen LogP contribution in [0, 0.1) is 0 Å². The fourth-order valence-electron chi connectivity index (χ4n) is 3.35. The highest BCUT2D eigenvalue weighted by molar-refractivity contribution is 7.91. The Labute approximate surface area is 197 Å². The number of aromatic nitrogens is 5. The van der Waals surface area contributed by atoms with Crippen molar-refractivity contribution in [2.45, 2.75) is 10.1 Å². The van der Waals surface area contributed by atoms with Crippen molar-refractivity contribution in [2.75, 3.05) is 0 Å². The van der Waals surface area contributed by atoms with Crippen LogP contribution in [-0.2, 0) is 9.84 Å². The van der Waals surface area contributed by atoms with Crippen molar-refractivity contribution in [3.05, 3.63) is 99.3 Å². The first-order chi connectivity index (χ1) is 15.9. The van der Waals surface area contributed by atoms with Gasteiger partial charge in [-0.3, -0.25) is 4.79 Å². The van der Waals surface area contributed by atoms with Crippen LogP contribution in [0.25, 0.3) is 22.5 Å². The Kier molecular flexibility index (Phi) is 5.24. The van der Waals surface area contributed by atoms with Gasteiger partial charge in [0.05, 0.1) is 16.3 Å². The Morgan fingerprint density at radius 2 is 1.45 bits per heavy atom. The second-order valence-electron chi connectivity index (χ2n) is 6.98. The van der Waals surface area contributed by atoms with Gasteiger partial charge in [-0.1, -0.05) is 58.7 Å². The molecule has 5 aromatic rings. The highest BCUT2D eigenvalue weighted by Gasteiger charge is 2.29. The van der Waals surface area contributed by atoms with Gasteiger partial charge < -0.3 is 0 Å². The number of rotatable bonds is 4. The molecule has 0 aliphatic rings. The van der Waals surface area contributed by atoms with Crippen LogP contribution >= 0.6 is 23.2 Å². The fraction of sp³-hybridized carbons (Fsp3) is 0. The van der Waals surface area contributed by atoms with Crippen molar-refractivity contribution in [3.8, 4) is 11.4 Å². The van der Waals surface area contributed by atoms with E-state index in [1.165, 1.54) is 28.9 Å². The summed E-state index contributed by atoms with van der Waals surface area (Å²) in [4.78, 5) is 17.8. The van der Waals surface area contributed by atoms with E-state index in [0.29, 0.717) is 10.7 Å². The Morgan fingerprint density at radius 1 is 0.788 bits per heavy atom. The van der Waals surface area contributed by atoms with E-state index in [1.807, 2.05) is 6.07 Å². The molecule has 0 unspecified atom stereocenters. The van der Waals surface area contributed by atoms with E-state index in [-0.39, 0.29) is 26.8 Å². The van der Waals surface area contributed by atoms with E-state index >= 15 is 0 Å². The third-order valence-electron chi connectivity index (χ3n) is 4.86. The third kappa shape index (κ3) is 3.70. The fourth-order valence-corrected chi connectivity index (χ4v) is 5.18. The zero-order valence-corrected chi connectivity index (χ0v) is 19.0. The van der Waals surface area contributed by atoms with Crippen LogP contribution in [0.1, 0.15) is 0 Å². The summed E-state index contributed by atoms with van der Waals surface area (Å²) < 4.78 is 29.6. The molecule has 0 amide bonds. The van der Waals surface area contributed by atoms with Gasteiger partial charge >= 0.3 is 0 Å². The zero-order chi connectivity index (χ0) is 23.2. The lowest BCUT2D eigenvalue weighted by Crippen LogP contribution is -2.27. The first kappa shape index (κ1) is 21.3. The topological polar surface area (TPSA) is 99.7 Å². The van der Waals surface area contributed by atoms with Gasteiger partial charge in [-0.15, -0.1) is 5.10 Å². The van der Waals surface area contributed by atoms with Crippen LogP contribution in [0.5, 0.6) is 0 Å². The standard InChI is InChI=1S/C22H13Cl2N5O3S/c23-14-6-4-10-17(12-14)28-21(30)19-20(29(27-26-19)16-8-2-1-3-9-16)25-22(28)33(31,32)18-11-5-7-15(24)13-18/h1-13H. The van der Waals surface area contributed by atoms with Crippen molar-refractivity contribution in [1.29, 1.82) is 0 Å². The van der Waals surface area contributed by atoms with Crippen LogP contribution in [0.2, 0.25) is 10.0 Å². The molecular weight excluding hydrogens is 485 g/mol. The quantitative estimate of drug-likeness (QED) is 0.346. The summed E-state index contributed by atoms with van der Waals surface area (Å²) in [5.41, 5.74) is -0.00530. The molecule has 11 heteroatoms. The third-order valence-corrected chi connectivity index (χ3v) is 6.96. The zero-order valence-electron chi connectivity index (χ0n) is 16.6. The molecule has 164 valence electrons. The van der Waals surface area contributed by atoms with Gasteiger partial charge in [-0.2, -0.15) is 9.67 Å². The average molecular weight is 498 g/mol. The molecule has 33 heavy (non-hydrogen) atoms. The molecule has 0 saturated heterocycles. The smallest absolute Gasteiger partial charge is 0.266 e. The van der Waals surface area contributed by atoms with E-state index in [4.69, 9.17) is 23.2 Å². The summed E-state index contributed by atoms with van der Waals surface area (Å²) in [7, 11) is -4.29. The van der Waals surface area contributed by atoms with Crippen LogP contribution in [0.15, 0.2) is 93.7 Å². The molecule has 0 spiro atoms. The van der Waals surface area contributed by atoms with Crippen molar-refractivity contribution in [2.24, 2.45) is 0 Å². The number of benzene rings is 3. The summed E-state index contributed by atoms with van der Waals surface area (Å²) in [6, 6.07) is 20.8. The predicted octanol–water partition coefficient (Wildman–Crippen LogP) is 4.11. The molecule has 0 bridgehead atoms. The largest absolute Gasteiger partial charge is 0.289 e. The number of fused-ring (bicyclic) bond motifs is 1. The van der Waals surface area contributed by atoms with Crippen molar-refractivity contribution < 1.29 is 8.42 Å². The molecule has 0 atom stereocenters. The normalized spacial score (nSPS) is 11.7.